The van der Waals surface area contributed by atoms with Crippen LogP contribution < -0.4 is 10.6 Å². The Kier molecular flexibility index (Phi) is 8.29. The second-order valence-electron chi connectivity index (χ2n) is 6.16. The lowest BCUT2D eigenvalue weighted by Crippen LogP contribution is -2.47. The molecule has 9 heteroatoms. The van der Waals surface area contributed by atoms with Gasteiger partial charge in [0.2, 0.25) is 0 Å². The van der Waals surface area contributed by atoms with Gasteiger partial charge in [-0.05, 0) is 37.3 Å². The van der Waals surface area contributed by atoms with Crippen LogP contribution in [-0.2, 0) is 30.9 Å². The highest BCUT2D eigenvalue weighted by atomic mass is 127. The molecule has 1 unspecified atom stereocenters. The van der Waals surface area contributed by atoms with Gasteiger partial charge in [0.15, 0.2) is 11.8 Å². The number of thiophene rings is 1. The van der Waals surface area contributed by atoms with Gasteiger partial charge in [0.25, 0.3) is 0 Å². The topological polar surface area (TPSA) is 76.4 Å². The van der Waals surface area contributed by atoms with Gasteiger partial charge in [-0.15, -0.1) is 35.3 Å². The van der Waals surface area contributed by atoms with Gasteiger partial charge in [-0.3, -0.25) is 0 Å². The monoisotopic (exact) mass is 490 g/mol. The van der Waals surface area contributed by atoms with E-state index in [0.717, 1.165) is 43.5 Å². The van der Waals surface area contributed by atoms with Crippen LogP contribution in [0.4, 0.5) is 0 Å². The number of aromatic nitrogens is 3. The van der Waals surface area contributed by atoms with Gasteiger partial charge in [0.05, 0.1) is 13.1 Å². The van der Waals surface area contributed by atoms with Gasteiger partial charge in [0, 0.05) is 31.0 Å². The maximum atomic E-state index is 5.12. The van der Waals surface area contributed by atoms with Crippen molar-refractivity contribution < 1.29 is 4.74 Å². The Morgan fingerprint density at radius 3 is 3.04 bits per heavy atom. The maximum Gasteiger partial charge on any atom is 0.191 e. The molecule has 2 N–H and O–H groups in total. The van der Waals surface area contributed by atoms with Crippen molar-refractivity contribution in [2.45, 2.75) is 52.4 Å². The molecule has 7 nitrogen and oxygen atoms in total. The van der Waals surface area contributed by atoms with E-state index >= 15 is 0 Å². The van der Waals surface area contributed by atoms with Crippen LogP contribution in [0.3, 0.4) is 0 Å². The number of hydrogen-bond donors (Lipinski definition) is 2. The highest BCUT2D eigenvalue weighted by Gasteiger charge is 2.22. The van der Waals surface area contributed by atoms with Crippen LogP contribution >= 0.6 is 35.3 Å². The van der Waals surface area contributed by atoms with E-state index in [1.54, 1.807) is 18.4 Å². The molecule has 3 heterocycles. The fraction of sp³-hybridized carbons (Fsp3) is 0.588. The van der Waals surface area contributed by atoms with Crippen molar-refractivity contribution in [2.24, 2.45) is 4.99 Å². The van der Waals surface area contributed by atoms with E-state index in [0.29, 0.717) is 19.2 Å². The van der Waals surface area contributed by atoms with E-state index < -0.39 is 0 Å². The zero-order chi connectivity index (χ0) is 17.6. The summed E-state index contributed by atoms with van der Waals surface area (Å²) in [6.07, 6.45) is 1.94. The normalized spacial score (nSPS) is 16.7. The summed E-state index contributed by atoms with van der Waals surface area (Å²) in [5.74, 6) is 2.66. The third-order valence-corrected chi connectivity index (χ3v) is 5.22. The second kappa shape index (κ2) is 10.2. The van der Waals surface area contributed by atoms with Gasteiger partial charge in [-0.2, -0.15) is 5.10 Å². The molecule has 26 heavy (non-hydrogen) atoms. The predicted molar refractivity (Wildman–Crippen MR) is 115 cm³/mol. The Morgan fingerprint density at radius 1 is 1.50 bits per heavy atom. The van der Waals surface area contributed by atoms with Crippen LogP contribution in [-0.4, -0.2) is 40.4 Å². The Labute approximate surface area is 175 Å². The zero-order valence-corrected chi connectivity index (χ0v) is 18.6. The van der Waals surface area contributed by atoms with Crippen LogP contribution in [0.5, 0.6) is 0 Å². The summed E-state index contributed by atoms with van der Waals surface area (Å²) < 4.78 is 7.11. The smallest absolute Gasteiger partial charge is 0.191 e. The Morgan fingerprint density at radius 2 is 2.35 bits per heavy atom. The number of methoxy groups -OCH3 is 1. The lowest BCUT2D eigenvalue weighted by molar-refractivity contribution is 0.177. The van der Waals surface area contributed by atoms with E-state index in [1.165, 1.54) is 10.4 Å². The van der Waals surface area contributed by atoms with E-state index in [9.17, 15) is 0 Å². The third kappa shape index (κ3) is 5.40. The molecule has 2 aromatic rings. The highest BCUT2D eigenvalue weighted by molar-refractivity contribution is 14.0. The molecule has 1 aliphatic rings. The van der Waals surface area contributed by atoms with Crippen molar-refractivity contribution in [3.8, 4) is 0 Å². The molecule has 0 aromatic carbocycles. The van der Waals surface area contributed by atoms with Crippen molar-refractivity contribution in [3.63, 3.8) is 0 Å². The summed E-state index contributed by atoms with van der Waals surface area (Å²) in [6, 6.07) is 2.44. The molecule has 0 saturated heterocycles. The van der Waals surface area contributed by atoms with Crippen LogP contribution in [0.1, 0.15) is 35.4 Å². The zero-order valence-electron chi connectivity index (χ0n) is 15.5. The molecule has 0 amide bonds. The highest BCUT2D eigenvalue weighted by Crippen LogP contribution is 2.17. The summed E-state index contributed by atoms with van der Waals surface area (Å²) in [6.45, 7) is 7.03. The fourth-order valence-corrected chi connectivity index (χ4v) is 3.73. The lowest BCUT2D eigenvalue weighted by Gasteiger charge is -2.25. The van der Waals surface area contributed by atoms with E-state index in [-0.39, 0.29) is 24.0 Å². The minimum atomic E-state index is 0. The van der Waals surface area contributed by atoms with Crippen LogP contribution in [0.25, 0.3) is 0 Å². The molecule has 144 valence electrons. The molecule has 0 radical (unpaired) electrons. The molecule has 0 bridgehead atoms. The number of halogens is 1. The molecule has 0 fully saturated rings. The maximum absolute atomic E-state index is 5.12. The number of nitrogens with zero attached hydrogens (tertiary/aromatic N) is 4. The first-order valence-electron chi connectivity index (χ1n) is 8.69. The van der Waals surface area contributed by atoms with Crippen LogP contribution in [0.15, 0.2) is 16.4 Å². The van der Waals surface area contributed by atoms with Crippen LogP contribution in [0, 0.1) is 6.92 Å². The first-order chi connectivity index (χ1) is 12.2. The second-order valence-corrected chi connectivity index (χ2v) is 7.16. The number of hydrogen-bond acceptors (Lipinski definition) is 5. The van der Waals surface area contributed by atoms with Gasteiger partial charge >= 0.3 is 0 Å². The van der Waals surface area contributed by atoms with Crippen molar-refractivity contribution in [2.75, 3.05) is 13.7 Å². The standard InChI is InChI=1S/C17H26N6OS.HI/c1-4-18-17(19-9-14-12(2)7-8-25-14)20-13-5-6-16-21-15(11-24-3)22-23(16)10-13;/h7-8,13H,4-6,9-11H2,1-3H3,(H2,18,19,20);1H. The average Bonchev–Trinajstić information content (AvgIpc) is 3.18. The van der Waals surface area contributed by atoms with Gasteiger partial charge in [-0.25, -0.2) is 14.7 Å². The van der Waals surface area contributed by atoms with Crippen LogP contribution in [0.2, 0.25) is 0 Å². The number of rotatable bonds is 6. The van der Waals surface area contributed by atoms with E-state index in [1.807, 2.05) is 4.68 Å². The molecule has 1 aliphatic heterocycles. The number of nitrogens with one attached hydrogen (secondary N) is 2. The third-order valence-electron chi connectivity index (χ3n) is 4.21. The molecule has 0 spiro atoms. The SMILES string of the molecule is CCNC(=NCc1sccc1C)NC1CCc2nc(COC)nn2C1.I. The number of aryl methyl sites for hydroxylation is 2. The van der Waals surface area contributed by atoms with Crippen molar-refractivity contribution in [1.29, 1.82) is 0 Å². The van der Waals surface area contributed by atoms with Crippen molar-refractivity contribution in [3.05, 3.63) is 33.5 Å². The summed E-state index contributed by atoms with van der Waals surface area (Å²) in [5.41, 5.74) is 1.31. The quantitative estimate of drug-likeness (QED) is 0.370. The summed E-state index contributed by atoms with van der Waals surface area (Å²) in [4.78, 5) is 10.6. The van der Waals surface area contributed by atoms with Gasteiger partial charge in [-0.1, -0.05) is 0 Å². The first-order valence-corrected chi connectivity index (χ1v) is 9.57. The summed E-state index contributed by atoms with van der Waals surface area (Å²) in [7, 11) is 1.67. The molecular weight excluding hydrogens is 463 g/mol. The first kappa shape index (κ1) is 21.1. The molecule has 3 rings (SSSR count). The minimum absolute atomic E-state index is 0. The largest absolute Gasteiger partial charge is 0.377 e. The Hall–Kier alpha value is -1.20. The molecule has 0 aliphatic carbocycles. The molecule has 2 aromatic heterocycles. The number of ether oxygens (including phenoxy) is 1. The number of fused-ring (bicyclic) bond motifs is 1. The molecule has 0 saturated carbocycles. The average molecular weight is 490 g/mol. The molecule has 1 atom stereocenters. The van der Waals surface area contributed by atoms with E-state index in [4.69, 9.17) is 9.73 Å². The van der Waals surface area contributed by atoms with Gasteiger partial charge < -0.3 is 15.4 Å². The fourth-order valence-electron chi connectivity index (χ4n) is 2.90. The lowest BCUT2D eigenvalue weighted by atomic mass is 10.1. The predicted octanol–water partition coefficient (Wildman–Crippen LogP) is 2.48. The summed E-state index contributed by atoms with van der Waals surface area (Å²) in [5, 5.41) is 13.5. The van der Waals surface area contributed by atoms with Gasteiger partial charge in [0.1, 0.15) is 12.4 Å². The minimum Gasteiger partial charge on any atom is -0.377 e. The number of guanidine groups is 1. The Balaban J connectivity index is 0.00000243. The van der Waals surface area contributed by atoms with Crippen molar-refractivity contribution in [1.82, 2.24) is 25.4 Å². The van der Waals surface area contributed by atoms with Crippen molar-refractivity contribution >= 4 is 41.3 Å². The number of aliphatic imine (C=N–C) groups is 1. The molecular formula is C17H27IN6OS. The Bertz CT molecular complexity index is 729. The van der Waals surface area contributed by atoms with E-state index in [2.05, 4.69) is 46.0 Å². The summed E-state index contributed by atoms with van der Waals surface area (Å²) >= 11 is 1.76.